The highest BCUT2D eigenvalue weighted by Gasteiger charge is 2.12. The highest BCUT2D eigenvalue weighted by atomic mass is 16.4. The van der Waals surface area contributed by atoms with E-state index in [4.69, 9.17) is 10.1 Å². The Morgan fingerprint density at radius 1 is 1.21 bits per heavy atom. The van der Waals surface area contributed by atoms with Gasteiger partial charge in [0.2, 0.25) is 0 Å². The molecule has 2 N–H and O–H groups in total. The normalized spacial score (nSPS) is 16.2. The van der Waals surface area contributed by atoms with E-state index in [9.17, 15) is 9.59 Å². The Hall–Kier alpha value is -4.00. The lowest BCUT2D eigenvalue weighted by Crippen LogP contribution is -2.35. The third kappa shape index (κ3) is 10.2. The Morgan fingerprint density at radius 3 is 2.71 bits per heavy atom. The summed E-state index contributed by atoms with van der Waals surface area (Å²) in [6, 6.07) is 6.40. The molecule has 7 heteroatoms. The molecular formula is C31H40N4O3. The second-order valence-corrected chi connectivity index (χ2v) is 9.09. The number of allylic oxidation sites excluding steroid dienone is 4. The molecular weight excluding hydrogens is 476 g/mol. The molecule has 0 saturated carbocycles. The van der Waals surface area contributed by atoms with Gasteiger partial charge in [0.05, 0.1) is 23.7 Å². The zero-order valence-electron chi connectivity index (χ0n) is 22.9. The largest absolute Gasteiger partial charge is 0.481 e. The lowest BCUT2D eigenvalue weighted by atomic mass is 10.1. The Balaban J connectivity index is 2.13. The number of nitrogens with one attached hydrogen (secondary N) is 1. The van der Waals surface area contributed by atoms with Gasteiger partial charge in [0, 0.05) is 37.3 Å². The molecule has 0 fully saturated rings. The monoisotopic (exact) mass is 516 g/mol. The minimum Gasteiger partial charge on any atom is -0.481 e. The Morgan fingerprint density at radius 2 is 2.00 bits per heavy atom. The van der Waals surface area contributed by atoms with Crippen LogP contribution in [0.2, 0.25) is 0 Å². The molecule has 38 heavy (non-hydrogen) atoms. The van der Waals surface area contributed by atoms with E-state index in [2.05, 4.69) is 67.3 Å². The summed E-state index contributed by atoms with van der Waals surface area (Å²) < 4.78 is 0. The number of rotatable bonds is 13. The number of carbonyl (C=O) groups is 2. The molecule has 0 aliphatic carbocycles. The molecule has 0 atom stereocenters. The number of likely N-dealkylation sites (N-methyl/N-ethyl adjacent to an activating group) is 1. The molecule has 0 saturated heterocycles. The Kier molecular flexibility index (Phi) is 12.7. The van der Waals surface area contributed by atoms with Crippen molar-refractivity contribution in [2.75, 3.05) is 31.1 Å². The molecule has 1 aromatic carbocycles. The van der Waals surface area contributed by atoms with Crippen molar-refractivity contribution < 1.29 is 14.7 Å². The number of unbranched alkanes of at least 4 members (excludes halogenated alkanes) is 1. The van der Waals surface area contributed by atoms with Crippen LogP contribution in [0.1, 0.15) is 43.7 Å². The van der Waals surface area contributed by atoms with E-state index in [1.165, 1.54) is 16.8 Å². The molecule has 0 aromatic heterocycles. The van der Waals surface area contributed by atoms with Gasteiger partial charge >= 0.3 is 5.97 Å². The molecule has 1 aromatic rings. The van der Waals surface area contributed by atoms with E-state index in [0.717, 1.165) is 12.3 Å². The van der Waals surface area contributed by atoms with Crippen LogP contribution >= 0.6 is 0 Å². The fraction of sp³-hybridized carbons (Fsp3) is 0.355. The molecule has 0 radical (unpaired) electrons. The molecule has 1 aliphatic heterocycles. The number of benzene rings is 1. The van der Waals surface area contributed by atoms with E-state index >= 15 is 0 Å². The van der Waals surface area contributed by atoms with Crippen LogP contribution in [0.4, 0.5) is 5.69 Å². The van der Waals surface area contributed by atoms with Gasteiger partial charge in [-0.1, -0.05) is 43.5 Å². The van der Waals surface area contributed by atoms with Gasteiger partial charge in [0.15, 0.2) is 0 Å². The first-order valence-corrected chi connectivity index (χ1v) is 13.1. The van der Waals surface area contributed by atoms with Crippen LogP contribution in [0.5, 0.6) is 0 Å². The molecule has 0 bridgehead atoms. The smallest absolute Gasteiger partial charge is 0.303 e. The van der Waals surface area contributed by atoms with Gasteiger partial charge in [-0.25, -0.2) is 4.99 Å². The summed E-state index contributed by atoms with van der Waals surface area (Å²) in [5, 5.41) is 12.0. The summed E-state index contributed by atoms with van der Waals surface area (Å²) in [5.74, 6) is -0.993. The van der Waals surface area contributed by atoms with Gasteiger partial charge in [0.1, 0.15) is 0 Å². The van der Waals surface area contributed by atoms with E-state index in [1.54, 1.807) is 30.4 Å². The number of aryl methyl sites for hydroxylation is 2. The summed E-state index contributed by atoms with van der Waals surface area (Å²) in [6.07, 6.45) is 12.4. The number of amides is 1. The van der Waals surface area contributed by atoms with Crippen LogP contribution in [-0.2, 0) is 9.59 Å². The second kappa shape index (κ2) is 16.0. The highest BCUT2D eigenvalue weighted by molar-refractivity contribution is 6.46. The van der Waals surface area contributed by atoms with Gasteiger partial charge in [0.25, 0.3) is 5.91 Å². The number of nitrogens with zero attached hydrogens (tertiary/aromatic N) is 3. The first-order chi connectivity index (χ1) is 18.2. The number of aliphatic carboxylic acids is 1. The maximum Gasteiger partial charge on any atom is 0.303 e. The van der Waals surface area contributed by atoms with E-state index < -0.39 is 5.97 Å². The predicted octanol–water partition coefficient (Wildman–Crippen LogP) is 5.53. The fourth-order valence-electron chi connectivity index (χ4n) is 4.00. The van der Waals surface area contributed by atoms with Crippen molar-refractivity contribution in [3.63, 3.8) is 0 Å². The maximum absolute atomic E-state index is 13.0. The third-order valence-electron chi connectivity index (χ3n) is 6.07. The first-order valence-electron chi connectivity index (χ1n) is 13.1. The quantitative estimate of drug-likeness (QED) is 0.266. The number of anilines is 1. The molecule has 1 aliphatic rings. The number of carbonyl (C=O) groups excluding carboxylic acids is 1. The third-order valence-corrected chi connectivity index (χ3v) is 6.07. The zero-order valence-corrected chi connectivity index (χ0v) is 22.9. The second-order valence-electron chi connectivity index (χ2n) is 9.09. The maximum atomic E-state index is 13.0. The van der Waals surface area contributed by atoms with Crippen molar-refractivity contribution >= 4 is 29.0 Å². The number of aliphatic imine (C=N–C) groups is 2. The zero-order chi connectivity index (χ0) is 27.9. The summed E-state index contributed by atoms with van der Waals surface area (Å²) in [4.78, 5) is 35.4. The summed E-state index contributed by atoms with van der Waals surface area (Å²) in [7, 11) is 0. The summed E-state index contributed by atoms with van der Waals surface area (Å²) >= 11 is 0. The van der Waals surface area contributed by atoms with Crippen molar-refractivity contribution in [2.45, 2.75) is 46.5 Å². The van der Waals surface area contributed by atoms with Gasteiger partial charge in [-0.15, -0.1) is 0 Å². The van der Waals surface area contributed by atoms with Gasteiger partial charge in [-0.2, -0.15) is 0 Å². The van der Waals surface area contributed by atoms with Crippen molar-refractivity contribution in [3.05, 3.63) is 90.2 Å². The van der Waals surface area contributed by atoms with Crippen LogP contribution in [0.25, 0.3) is 0 Å². The Bertz CT molecular complexity index is 1170. The average molecular weight is 517 g/mol. The predicted molar refractivity (Wildman–Crippen MR) is 158 cm³/mol. The summed E-state index contributed by atoms with van der Waals surface area (Å²) in [6.45, 7) is 16.3. The van der Waals surface area contributed by atoms with Crippen molar-refractivity contribution in [2.24, 2.45) is 9.98 Å². The number of carboxylic acid groups (broad SMARTS) is 1. The van der Waals surface area contributed by atoms with E-state index in [0.29, 0.717) is 55.9 Å². The van der Waals surface area contributed by atoms with Crippen LogP contribution in [0.15, 0.2) is 89.1 Å². The van der Waals surface area contributed by atoms with Gasteiger partial charge in [-0.05, 0) is 75.5 Å². The SMILES string of the molecule is C=C/C=C/C1=NC(=C)/C=C\C(C(=O)NCCN(CC)c2cc(C)ccc2C)=C/CN=C1CCCCC(=O)O. The van der Waals surface area contributed by atoms with Gasteiger partial charge in [-0.3, -0.25) is 14.6 Å². The molecule has 0 unspecified atom stereocenters. The Labute approximate surface area is 226 Å². The molecule has 0 spiro atoms. The number of carboxylic acids is 1. The minimum atomic E-state index is -0.813. The molecule has 202 valence electrons. The van der Waals surface area contributed by atoms with Crippen LogP contribution < -0.4 is 10.2 Å². The lowest BCUT2D eigenvalue weighted by molar-refractivity contribution is -0.137. The van der Waals surface area contributed by atoms with Crippen LogP contribution in [-0.4, -0.2) is 54.6 Å². The molecule has 2 rings (SSSR count). The van der Waals surface area contributed by atoms with Crippen LogP contribution in [0.3, 0.4) is 0 Å². The standard InChI is InChI=1S/C31H40N4O3/c1-6-8-11-28-27(12-9-10-13-30(36)37)32-19-18-26(17-16-25(5)34-28)31(38)33-20-21-35(7-2)29-22-23(3)14-15-24(29)4/h6,8,11,14-18,22H,1,5,7,9-10,12-13,19-21H2,2-4H3,(H,33,38)(H,36,37)/b11-8+,17-16-,26-18+,32-27?,34-28?. The molecule has 1 heterocycles. The van der Waals surface area contributed by atoms with E-state index in [-0.39, 0.29) is 12.3 Å². The lowest BCUT2D eigenvalue weighted by Gasteiger charge is -2.25. The van der Waals surface area contributed by atoms with E-state index in [1.807, 2.05) is 6.08 Å². The fourth-order valence-corrected chi connectivity index (χ4v) is 4.00. The first kappa shape index (κ1) is 30.2. The van der Waals surface area contributed by atoms with Crippen molar-refractivity contribution in [1.29, 1.82) is 0 Å². The van der Waals surface area contributed by atoms with Gasteiger partial charge < -0.3 is 15.3 Å². The summed E-state index contributed by atoms with van der Waals surface area (Å²) in [5.41, 5.74) is 5.97. The number of hydrogen-bond donors (Lipinski definition) is 2. The van der Waals surface area contributed by atoms with Crippen LogP contribution in [0, 0.1) is 13.8 Å². The minimum absolute atomic E-state index is 0.112. The highest BCUT2D eigenvalue weighted by Crippen LogP contribution is 2.21. The topological polar surface area (TPSA) is 94.4 Å². The van der Waals surface area contributed by atoms with Crippen molar-refractivity contribution in [3.8, 4) is 0 Å². The molecule has 1 amide bonds. The average Bonchev–Trinajstić information content (AvgIpc) is 2.88. The molecule has 7 nitrogen and oxygen atoms in total. The van der Waals surface area contributed by atoms with Crippen molar-refractivity contribution in [1.82, 2.24) is 5.32 Å². The number of hydrogen-bond acceptors (Lipinski definition) is 5.